The van der Waals surface area contributed by atoms with Crippen molar-refractivity contribution in [1.82, 2.24) is 29.2 Å². The Morgan fingerprint density at radius 1 is 1.02 bits per heavy atom. The summed E-state index contributed by atoms with van der Waals surface area (Å²) in [4.78, 5) is 35.5. The summed E-state index contributed by atoms with van der Waals surface area (Å²) in [7, 11) is 1.92. The number of thiazole rings is 1. The van der Waals surface area contributed by atoms with Crippen molar-refractivity contribution in [2.45, 2.75) is 25.9 Å². The number of aromatic nitrogens is 4. The number of aryl methyl sites for hydroxylation is 1. The lowest BCUT2D eigenvalue weighted by atomic mass is 10.1. The van der Waals surface area contributed by atoms with Crippen molar-refractivity contribution in [3.63, 3.8) is 0 Å². The maximum atomic E-state index is 13.6. The maximum absolute atomic E-state index is 13.6. The van der Waals surface area contributed by atoms with Gasteiger partial charge in [0.05, 0.1) is 11.8 Å². The van der Waals surface area contributed by atoms with Gasteiger partial charge in [-0.05, 0) is 61.4 Å². The molecule has 14 heteroatoms. The van der Waals surface area contributed by atoms with Crippen molar-refractivity contribution in [3.8, 4) is 28.5 Å². The second-order valence-electron chi connectivity index (χ2n) is 11.8. The Morgan fingerprint density at radius 3 is 2.40 bits per heavy atom. The van der Waals surface area contributed by atoms with Crippen molar-refractivity contribution in [2.75, 3.05) is 56.1 Å². The molecule has 1 atom stereocenters. The summed E-state index contributed by atoms with van der Waals surface area (Å²) < 4.78 is 15.6. The van der Waals surface area contributed by atoms with Crippen molar-refractivity contribution in [2.24, 2.45) is 0 Å². The Balaban J connectivity index is 0.00000401. The summed E-state index contributed by atoms with van der Waals surface area (Å²) in [6.07, 6.45) is 4.84. The van der Waals surface area contributed by atoms with Gasteiger partial charge in [-0.15, -0.1) is 12.4 Å². The Kier molecular flexibility index (Phi) is 9.50. The Labute approximate surface area is 287 Å². The molecule has 11 nitrogen and oxygen atoms in total. The molecule has 7 rings (SSSR count). The van der Waals surface area contributed by atoms with Gasteiger partial charge < -0.3 is 24.7 Å². The fourth-order valence-corrected chi connectivity index (χ4v) is 7.10. The molecule has 48 heavy (non-hydrogen) atoms. The molecule has 0 saturated carbocycles. The largest absolute Gasteiger partial charge is 0.391 e. The number of benzene rings is 1. The first-order valence-corrected chi connectivity index (χ1v) is 16.5. The van der Waals surface area contributed by atoms with Crippen LogP contribution in [0.15, 0.2) is 60.9 Å². The quantitative estimate of drug-likeness (QED) is 0.246. The molecule has 2 fully saturated rings. The van der Waals surface area contributed by atoms with Crippen molar-refractivity contribution >= 4 is 52.2 Å². The molecule has 2 aliphatic rings. The first kappa shape index (κ1) is 33.1. The minimum atomic E-state index is -0.420. The molecule has 0 spiro atoms. The average molecular weight is 688 g/mol. The molecule has 2 saturated heterocycles. The summed E-state index contributed by atoms with van der Waals surface area (Å²) in [5, 5.41) is 20.3. The topological polar surface area (TPSA) is 117 Å². The van der Waals surface area contributed by atoms with Crippen LogP contribution >= 0.6 is 23.7 Å². The number of hydrogen-bond acceptors (Lipinski definition) is 9. The number of piperazine rings is 1. The second kappa shape index (κ2) is 13.8. The number of aliphatic hydroxyl groups is 1. The van der Waals surface area contributed by atoms with Gasteiger partial charge in [-0.2, -0.15) is 5.26 Å². The van der Waals surface area contributed by atoms with Gasteiger partial charge in [-0.3, -0.25) is 4.40 Å². The third kappa shape index (κ3) is 6.26. The molecule has 0 radical (unpaired) electrons. The Bertz CT molecular complexity index is 1970. The molecular weight excluding hydrogens is 653 g/mol. The van der Waals surface area contributed by atoms with Gasteiger partial charge in [0.25, 0.3) is 0 Å². The third-order valence-electron chi connectivity index (χ3n) is 8.83. The number of rotatable bonds is 6. The second-order valence-corrected chi connectivity index (χ2v) is 12.8. The minimum absolute atomic E-state index is 0. The summed E-state index contributed by atoms with van der Waals surface area (Å²) in [6, 6.07) is 16.4. The van der Waals surface area contributed by atoms with E-state index in [1.807, 2.05) is 51.8 Å². The third-order valence-corrected chi connectivity index (χ3v) is 9.86. The average Bonchev–Trinajstić information content (AvgIpc) is 3.84. The molecule has 5 aromatic rings. The van der Waals surface area contributed by atoms with Gasteiger partial charge in [0.2, 0.25) is 0 Å². The predicted octanol–water partition coefficient (Wildman–Crippen LogP) is 5.59. The molecule has 6 heterocycles. The molecule has 0 aliphatic carbocycles. The summed E-state index contributed by atoms with van der Waals surface area (Å²) in [5.74, 6) is 1.38. The zero-order chi connectivity index (χ0) is 32.7. The highest BCUT2D eigenvalue weighted by molar-refractivity contribution is 7.16. The van der Waals surface area contributed by atoms with Crippen LogP contribution in [0.25, 0.3) is 28.0 Å². The lowest BCUT2D eigenvalue weighted by Gasteiger charge is -2.37. The fraction of sp³-hybridized carbons (Fsp3) is 0.324. The molecule has 1 aromatic carbocycles. The van der Waals surface area contributed by atoms with Gasteiger partial charge in [0.1, 0.15) is 39.7 Å². The van der Waals surface area contributed by atoms with Crippen LogP contribution in [-0.2, 0) is 6.42 Å². The molecule has 4 aromatic heterocycles. The van der Waals surface area contributed by atoms with E-state index in [1.165, 1.54) is 23.5 Å². The standard InChI is InChI=1S/C34H34FN9O2S.ClH/c1-3-27-32(40(2)33-39-31(28(18-36)47-33)22-4-8-25(35)9-5-22)44-20-24(7-11-30(44)38-27)23-6-10-29(37-19-23)41-14-16-42(17-15-41)34(46)43-13-12-26(45)21-43;/h4-11,19-20,26,45H,3,12-17,21H2,1-2H3;1H/t26-;/m1./s1. The highest BCUT2D eigenvalue weighted by Crippen LogP contribution is 2.37. The van der Waals surface area contributed by atoms with E-state index < -0.39 is 6.10 Å². The molecular formula is C34H35ClFN9O2S. The number of carbonyl (C=O) groups excluding carboxylic acids is 1. The van der Waals surface area contributed by atoms with E-state index in [0.29, 0.717) is 73.4 Å². The number of pyridine rings is 2. The number of hydrogen-bond donors (Lipinski definition) is 1. The van der Waals surface area contributed by atoms with E-state index in [9.17, 15) is 19.6 Å². The zero-order valence-electron chi connectivity index (χ0n) is 26.6. The lowest BCUT2D eigenvalue weighted by Crippen LogP contribution is -2.52. The highest BCUT2D eigenvalue weighted by Gasteiger charge is 2.30. The van der Waals surface area contributed by atoms with Crippen LogP contribution in [0, 0.1) is 17.1 Å². The number of nitrogens with zero attached hydrogens (tertiary/aromatic N) is 9. The smallest absolute Gasteiger partial charge is 0.320 e. The van der Waals surface area contributed by atoms with Crippen LogP contribution in [0.2, 0.25) is 0 Å². The molecule has 248 valence electrons. The lowest BCUT2D eigenvalue weighted by molar-refractivity contribution is 0.144. The van der Waals surface area contributed by atoms with E-state index in [-0.39, 0.29) is 24.3 Å². The van der Waals surface area contributed by atoms with Gasteiger partial charge in [0, 0.05) is 75.4 Å². The first-order chi connectivity index (χ1) is 22.8. The van der Waals surface area contributed by atoms with E-state index in [4.69, 9.17) is 15.0 Å². The van der Waals surface area contributed by atoms with Gasteiger partial charge >= 0.3 is 6.03 Å². The first-order valence-electron chi connectivity index (χ1n) is 15.7. The minimum Gasteiger partial charge on any atom is -0.391 e. The Morgan fingerprint density at radius 2 is 1.75 bits per heavy atom. The van der Waals surface area contributed by atoms with Crippen LogP contribution in [0.1, 0.15) is 23.9 Å². The highest BCUT2D eigenvalue weighted by atomic mass is 35.5. The normalized spacial score (nSPS) is 16.2. The van der Waals surface area contributed by atoms with Gasteiger partial charge in [-0.1, -0.05) is 18.3 Å². The summed E-state index contributed by atoms with van der Waals surface area (Å²) >= 11 is 1.29. The maximum Gasteiger partial charge on any atom is 0.320 e. The molecule has 0 unspecified atom stereocenters. The number of halogens is 2. The van der Waals surface area contributed by atoms with E-state index in [1.54, 1.807) is 17.0 Å². The van der Waals surface area contributed by atoms with Crippen molar-refractivity contribution in [3.05, 3.63) is 77.3 Å². The van der Waals surface area contributed by atoms with Crippen LogP contribution in [-0.4, -0.2) is 92.7 Å². The number of amides is 2. The number of likely N-dealkylation sites (tertiary alicyclic amines) is 1. The Hall–Kier alpha value is -4.77. The molecule has 1 N–H and O–H groups in total. The SMILES string of the molecule is CCc1nc2ccc(-c3ccc(N4CCN(C(=O)N5CC[C@@H](O)C5)CC4)nc3)cn2c1N(C)c1nc(-c2ccc(F)cc2)c(C#N)s1.Cl. The van der Waals surface area contributed by atoms with Crippen LogP contribution in [0.4, 0.5) is 26.0 Å². The number of nitriles is 1. The van der Waals surface area contributed by atoms with Gasteiger partial charge in [0.15, 0.2) is 5.13 Å². The van der Waals surface area contributed by atoms with E-state index in [2.05, 4.69) is 24.0 Å². The predicted molar refractivity (Wildman–Crippen MR) is 187 cm³/mol. The molecule has 2 aliphatic heterocycles. The molecule has 0 bridgehead atoms. The van der Waals surface area contributed by atoms with Crippen LogP contribution < -0.4 is 9.80 Å². The number of β-amino-alcohol motifs (C(OH)–C–C–N with tert-alkyl or cyclic N) is 1. The van der Waals surface area contributed by atoms with E-state index >= 15 is 0 Å². The zero-order valence-corrected chi connectivity index (χ0v) is 28.2. The van der Waals surface area contributed by atoms with Crippen molar-refractivity contribution in [1.29, 1.82) is 5.26 Å². The van der Waals surface area contributed by atoms with Crippen LogP contribution in [0.5, 0.6) is 0 Å². The van der Waals surface area contributed by atoms with Crippen LogP contribution in [0.3, 0.4) is 0 Å². The number of urea groups is 1. The number of carbonyl (C=O) groups is 1. The molecule has 2 amide bonds. The summed E-state index contributed by atoms with van der Waals surface area (Å²) in [6.45, 7) is 5.69. The fourth-order valence-electron chi connectivity index (χ4n) is 6.25. The summed E-state index contributed by atoms with van der Waals surface area (Å²) in [5.41, 5.74) is 4.83. The van der Waals surface area contributed by atoms with E-state index in [0.717, 1.165) is 34.1 Å². The monoisotopic (exact) mass is 687 g/mol. The van der Waals surface area contributed by atoms with Gasteiger partial charge in [-0.25, -0.2) is 24.1 Å². The number of anilines is 3. The van der Waals surface area contributed by atoms with Crippen molar-refractivity contribution < 1.29 is 14.3 Å². The number of fused-ring (bicyclic) bond motifs is 1. The number of aliphatic hydroxyl groups excluding tert-OH is 1. The number of imidazole rings is 1.